The van der Waals surface area contributed by atoms with Gasteiger partial charge in [0.1, 0.15) is 6.54 Å². The Morgan fingerprint density at radius 3 is 2.62 bits per heavy atom. The Kier molecular flexibility index (Phi) is 6.85. The highest BCUT2D eigenvalue weighted by Gasteiger charge is 2.22. The first-order valence-corrected chi connectivity index (χ1v) is 8.54. The second kappa shape index (κ2) is 9.11. The predicted octanol–water partition coefficient (Wildman–Crippen LogP) is 1.95. The Balaban J connectivity index is 1.72. The summed E-state index contributed by atoms with van der Waals surface area (Å²) in [5, 5.41) is 2.93. The van der Waals surface area contributed by atoms with Gasteiger partial charge in [0, 0.05) is 19.6 Å². The third kappa shape index (κ3) is 6.07. The summed E-state index contributed by atoms with van der Waals surface area (Å²) in [6, 6.07) is 10.6. The third-order valence-electron chi connectivity index (χ3n) is 4.29. The minimum Gasteiger partial charge on any atom is -0.370 e. The highest BCUT2D eigenvalue weighted by Crippen LogP contribution is 2.21. The molecule has 1 amide bonds. The second-order valence-corrected chi connectivity index (χ2v) is 6.53. The van der Waals surface area contributed by atoms with Crippen LogP contribution < -0.4 is 11.1 Å². The molecule has 0 bridgehead atoms. The monoisotopic (exact) mass is 328 g/mol. The maximum absolute atomic E-state index is 12.2. The van der Waals surface area contributed by atoms with Crippen LogP contribution in [0, 0.1) is 5.92 Å². The van der Waals surface area contributed by atoms with Crippen LogP contribution in [0.1, 0.15) is 25.3 Å². The lowest BCUT2D eigenvalue weighted by Crippen LogP contribution is -2.41. The van der Waals surface area contributed by atoms with Gasteiger partial charge in [0.25, 0.3) is 0 Å². The Labute approximate surface area is 144 Å². The van der Waals surface area contributed by atoms with Crippen LogP contribution >= 0.6 is 0 Å². The SMILES string of the molecule is C=C(C)CNC(N)=NCC(=O)N1CCC(Cc2ccccc2)CC1. The van der Waals surface area contributed by atoms with E-state index in [1.165, 1.54) is 5.56 Å². The number of hydrogen-bond donors (Lipinski definition) is 2. The molecule has 0 unspecified atom stereocenters. The highest BCUT2D eigenvalue weighted by atomic mass is 16.2. The van der Waals surface area contributed by atoms with Gasteiger partial charge in [-0.1, -0.05) is 42.5 Å². The third-order valence-corrected chi connectivity index (χ3v) is 4.29. The molecule has 0 aromatic heterocycles. The van der Waals surface area contributed by atoms with Crippen molar-refractivity contribution in [2.45, 2.75) is 26.2 Å². The van der Waals surface area contributed by atoms with E-state index >= 15 is 0 Å². The molecule has 1 aromatic carbocycles. The summed E-state index contributed by atoms with van der Waals surface area (Å²) in [4.78, 5) is 18.2. The van der Waals surface area contributed by atoms with Gasteiger partial charge in [-0.3, -0.25) is 4.79 Å². The number of rotatable bonds is 6. The molecule has 1 aliphatic rings. The van der Waals surface area contributed by atoms with Crippen molar-refractivity contribution in [3.8, 4) is 0 Å². The Morgan fingerprint density at radius 1 is 1.33 bits per heavy atom. The van der Waals surface area contributed by atoms with Crippen LogP contribution in [0.3, 0.4) is 0 Å². The zero-order chi connectivity index (χ0) is 17.4. The Morgan fingerprint density at radius 2 is 2.00 bits per heavy atom. The first-order valence-electron chi connectivity index (χ1n) is 8.54. The summed E-state index contributed by atoms with van der Waals surface area (Å²) in [6.07, 6.45) is 3.19. The van der Waals surface area contributed by atoms with Crippen LogP contribution in [0.25, 0.3) is 0 Å². The molecule has 0 aliphatic carbocycles. The number of nitrogens with two attached hydrogens (primary N) is 1. The van der Waals surface area contributed by atoms with Crippen LogP contribution in [0.5, 0.6) is 0 Å². The van der Waals surface area contributed by atoms with Crippen molar-refractivity contribution in [3.05, 3.63) is 48.0 Å². The van der Waals surface area contributed by atoms with Crippen LogP contribution in [0.2, 0.25) is 0 Å². The Hall–Kier alpha value is -2.30. The number of benzene rings is 1. The number of piperidine rings is 1. The van der Waals surface area contributed by atoms with Gasteiger partial charge in [0.15, 0.2) is 5.96 Å². The van der Waals surface area contributed by atoms with Crippen molar-refractivity contribution in [1.29, 1.82) is 0 Å². The molecule has 1 fully saturated rings. The fourth-order valence-corrected chi connectivity index (χ4v) is 2.88. The number of nitrogens with one attached hydrogen (secondary N) is 1. The van der Waals surface area contributed by atoms with E-state index in [0.717, 1.165) is 37.9 Å². The topological polar surface area (TPSA) is 70.7 Å². The molecule has 5 heteroatoms. The lowest BCUT2D eigenvalue weighted by atomic mass is 9.90. The summed E-state index contributed by atoms with van der Waals surface area (Å²) >= 11 is 0. The summed E-state index contributed by atoms with van der Waals surface area (Å²) in [5.74, 6) is 1.00. The maximum Gasteiger partial charge on any atom is 0.244 e. The molecular weight excluding hydrogens is 300 g/mol. The van der Waals surface area contributed by atoms with Crippen LogP contribution in [0.4, 0.5) is 0 Å². The van der Waals surface area contributed by atoms with Crippen molar-refractivity contribution in [2.75, 3.05) is 26.2 Å². The molecule has 24 heavy (non-hydrogen) atoms. The van der Waals surface area contributed by atoms with Gasteiger partial charge < -0.3 is 16.0 Å². The molecule has 0 atom stereocenters. The van der Waals surface area contributed by atoms with Crippen molar-refractivity contribution in [1.82, 2.24) is 10.2 Å². The van der Waals surface area contributed by atoms with Gasteiger partial charge in [-0.25, -0.2) is 4.99 Å². The van der Waals surface area contributed by atoms with Crippen LogP contribution in [0.15, 0.2) is 47.5 Å². The lowest BCUT2D eigenvalue weighted by molar-refractivity contribution is -0.130. The molecule has 1 heterocycles. The number of carbonyl (C=O) groups is 1. The average molecular weight is 328 g/mol. The van der Waals surface area contributed by atoms with Crippen molar-refractivity contribution < 1.29 is 4.79 Å². The highest BCUT2D eigenvalue weighted by molar-refractivity contribution is 5.84. The molecule has 2 rings (SSSR count). The standard InChI is InChI=1S/C19H28N4O/c1-15(2)13-21-19(20)22-14-18(24)23-10-8-17(9-11-23)12-16-6-4-3-5-7-16/h3-7,17H,1,8-14H2,2H3,(H3,20,21,22). The first kappa shape index (κ1) is 18.0. The van der Waals surface area contributed by atoms with E-state index in [1.807, 2.05) is 17.9 Å². The van der Waals surface area contributed by atoms with E-state index in [0.29, 0.717) is 18.4 Å². The second-order valence-electron chi connectivity index (χ2n) is 6.53. The molecule has 130 valence electrons. The molecule has 5 nitrogen and oxygen atoms in total. The van der Waals surface area contributed by atoms with E-state index in [2.05, 4.69) is 41.2 Å². The van der Waals surface area contributed by atoms with Gasteiger partial charge in [-0.2, -0.15) is 0 Å². The van der Waals surface area contributed by atoms with Gasteiger partial charge in [-0.15, -0.1) is 0 Å². The van der Waals surface area contributed by atoms with Crippen molar-refractivity contribution in [3.63, 3.8) is 0 Å². The minimum absolute atomic E-state index is 0.0493. The van der Waals surface area contributed by atoms with E-state index < -0.39 is 0 Å². The number of amides is 1. The molecule has 1 aliphatic heterocycles. The molecule has 0 radical (unpaired) electrons. The van der Waals surface area contributed by atoms with Gasteiger partial charge in [0.05, 0.1) is 0 Å². The normalized spacial score (nSPS) is 16.0. The molecule has 3 N–H and O–H groups in total. The predicted molar refractivity (Wildman–Crippen MR) is 98.8 cm³/mol. The fourth-order valence-electron chi connectivity index (χ4n) is 2.88. The minimum atomic E-state index is 0.0493. The quantitative estimate of drug-likeness (QED) is 0.476. The van der Waals surface area contributed by atoms with Crippen LogP contribution in [-0.2, 0) is 11.2 Å². The van der Waals surface area contributed by atoms with E-state index in [9.17, 15) is 4.79 Å². The molecular formula is C19H28N4O. The molecule has 0 spiro atoms. The summed E-state index contributed by atoms with van der Waals surface area (Å²) in [7, 11) is 0. The zero-order valence-corrected chi connectivity index (χ0v) is 14.5. The average Bonchev–Trinajstić information content (AvgIpc) is 2.59. The largest absolute Gasteiger partial charge is 0.370 e. The number of aliphatic imine (C=N–C) groups is 1. The lowest BCUT2D eigenvalue weighted by Gasteiger charge is -2.31. The summed E-state index contributed by atoms with van der Waals surface area (Å²) < 4.78 is 0. The zero-order valence-electron chi connectivity index (χ0n) is 14.5. The van der Waals surface area contributed by atoms with E-state index in [-0.39, 0.29) is 12.5 Å². The van der Waals surface area contributed by atoms with Crippen molar-refractivity contribution >= 4 is 11.9 Å². The summed E-state index contributed by atoms with van der Waals surface area (Å²) in [5.41, 5.74) is 8.09. The molecule has 1 saturated heterocycles. The van der Waals surface area contributed by atoms with Gasteiger partial charge >= 0.3 is 0 Å². The number of guanidine groups is 1. The maximum atomic E-state index is 12.2. The summed E-state index contributed by atoms with van der Waals surface area (Å²) in [6.45, 7) is 8.00. The molecule has 1 aromatic rings. The van der Waals surface area contributed by atoms with Gasteiger partial charge in [-0.05, 0) is 37.7 Å². The molecule has 0 saturated carbocycles. The van der Waals surface area contributed by atoms with E-state index in [4.69, 9.17) is 5.73 Å². The van der Waals surface area contributed by atoms with Gasteiger partial charge in [0.2, 0.25) is 5.91 Å². The smallest absolute Gasteiger partial charge is 0.244 e. The number of nitrogens with zero attached hydrogens (tertiary/aromatic N) is 2. The first-order chi connectivity index (χ1) is 11.5. The fraction of sp³-hybridized carbons (Fsp3) is 0.474. The number of likely N-dealkylation sites (tertiary alicyclic amines) is 1. The Bertz CT molecular complexity index is 574. The van der Waals surface area contributed by atoms with E-state index in [1.54, 1.807) is 0 Å². The van der Waals surface area contributed by atoms with Crippen LogP contribution in [-0.4, -0.2) is 42.9 Å². The van der Waals surface area contributed by atoms with Crippen molar-refractivity contribution in [2.24, 2.45) is 16.6 Å². The number of carbonyl (C=O) groups excluding carboxylic acids is 1. The number of hydrogen-bond acceptors (Lipinski definition) is 2.